The Balaban J connectivity index is 1.50. The fourth-order valence-electron chi connectivity index (χ4n) is 4.11. The standard InChI is InChI=1S/C23H22F3N5O3/c1-13(6-20-29-27-12-30(20)2)14-7-19(28-21(8-14)34-15-10-33-11-15)31-9-17-16(22(31)32)4-3-5-18(17)23(24,25)26/h3-5,7-8,12-13,15H,6,9-11H2,1-2H3/t13-/m1/s1. The van der Waals surface area contributed by atoms with Gasteiger partial charge in [0.15, 0.2) is 0 Å². The number of carbonyl (C=O) groups is 1. The molecule has 2 aromatic heterocycles. The zero-order valence-electron chi connectivity index (χ0n) is 18.5. The fraction of sp³-hybridized carbons (Fsp3) is 0.391. The molecule has 3 aromatic rings. The molecule has 0 unspecified atom stereocenters. The number of alkyl halides is 3. The number of hydrogen-bond acceptors (Lipinski definition) is 6. The van der Waals surface area contributed by atoms with Crippen molar-refractivity contribution in [1.82, 2.24) is 19.7 Å². The normalized spacial score (nSPS) is 17.0. The zero-order chi connectivity index (χ0) is 24.0. The van der Waals surface area contributed by atoms with Crippen molar-refractivity contribution in [2.75, 3.05) is 18.1 Å². The summed E-state index contributed by atoms with van der Waals surface area (Å²) in [4.78, 5) is 18.8. The third-order valence-corrected chi connectivity index (χ3v) is 6.12. The minimum atomic E-state index is -4.56. The van der Waals surface area contributed by atoms with Gasteiger partial charge in [0.2, 0.25) is 5.88 Å². The van der Waals surface area contributed by atoms with E-state index in [-0.39, 0.29) is 35.5 Å². The van der Waals surface area contributed by atoms with Crippen LogP contribution in [-0.4, -0.2) is 45.0 Å². The van der Waals surface area contributed by atoms with Crippen molar-refractivity contribution in [2.24, 2.45) is 7.05 Å². The van der Waals surface area contributed by atoms with Crippen LogP contribution >= 0.6 is 0 Å². The van der Waals surface area contributed by atoms with Crippen molar-refractivity contribution in [3.05, 3.63) is 64.7 Å². The summed E-state index contributed by atoms with van der Waals surface area (Å²) >= 11 is 0. The van der Waals surface area contributed by atoms with Crippen molar-refractivity contribution in [1.29, 1.82) is 0 Å². The first-order chi connectivity index (χ1) is 16.2. The van der Waals surface area contributed by atoms with E-state index in [9.17, 15) is 18.0 Å². The van der Waals surface area contributed by atoms with Crippen LogP contribution in [0.4, 0.5) is 19.0 Å². The number of pyridine rings is 1. The van der Waals surface area contributed by atoms with Gasteiger partial charge in [-0.1, -0.05) is 13.0 Å². The second-order valence-corrected chi connectivity index (χ2v) is 8.56. The number of rotatable bonds is 6. The van der Waals surface area contributed by atoms with Gasteiger partial charge in [0.05, 0.1) is 25.3 Å². The number of hydrogen-bond donors (Lipinski definition) is 0. The Morgan fingerprint density at radius 2 is 2.06 bits per heavy atom. The predicted octanol–water partition coefficient (Wildman–Crippen LogP) is 3.51. The molecule has 1 atom stereocenters. The molecule has 0 radical (unpaired) electrons. The van der Waals surface area contributed by atoms with E-state index < -0.39 is 17.6 Å². The maximum Gasteiger partial charge on any atom is 0.416 e. The van der Waals surface area contributed by atoms with Crippen LogP contribution in [0.5, 0.6) is 5.88 Å². The molecule has 0 aliphatic carbocycles. The van der Waals surface area contributed by atoms with Crippen molar-refractivity contribution in [3.63, 3.8) is 0 Å². The summed E-state index contributed by atoms with van der Waals surface area (Å²) in [5.74, 6) is 0.748. The van der Waals surface area contributed by atoms with Gasteiger partial charge in [-0.05, 0) is 35.2 Å². The van der Waals surface area contributed by atoms with Crippen LogP contribution in [0.15, 0.2) is 36.7 Å². The van der Waals surface area contributed by atoms with Crippen molar-refractivity contribution in [2.45, 2.75) is 38.1 Å². The highest BCUT2D eigenvalue weighted by atomic mass is 19.4. The minimum Gasteiger partial charge on any atom is -0.469 e. The van der Waals surface area contributed by atoms with Gasteiger partial charge in [-0.3, -0.25) is 9.69 Å². The van der Waals surface area contributed by atoms with Gasteiger partial charge in [0.1, 0.15) is 24.1 Å². The number of halogens is 3. The van der Waals surface area contributed by atoms with E-state index in [1.165, 1.54) is 17.0 Å². The second kappa shape index (κ2) is 8.39. The number of nitrogens with zero attached hydrogens (tertiary/aromatic N) is 5. The van der Waals surface area contributed by atoms with Crippen LogP contribution in [-0.2, 0) is 30.9 Å². The van der Waals surface area contributed by atoms with Gasteiger partial charge in [0.25, 0.3) is 5.91 Å². The molecule has 0 bridgehead atoms. The van der Waals surface area contributed by atoms with Gasteiger partial charge in [-0.25, -0.2) is 0 Å². The summed E-state index contributed by atoms with van der Waals surface area (Å²) < 4.78 is 53.5. The number of aryl methyl sites for hydroxylation is 1. The number of fused-ring (bicyclic) bond motifs is 1. The highest BCUT2D eigenvalue weighted by molar-refractivity contribution is 6.09. The van der Waals surface area contributed by atoms with Gasteiger partial charge < -0.3 is 14.0 Å². The molecule has 8 nitrogen and oxygen atoms in total. The Labute approximate surface area is 193 Å². The molecule has 1 amide bonds. The van der Waals surface area contributed by atoms with Gasteiger partial charge in [0, 0.05) is 25.1 Å². The van der Waals surface area contributed by atoms with E-state index in [0.29, 0.717) is 25.5 Å². The molecule has 1 saturated heterocycles. The molecule has 0 saturated carbocycles. The quantitative estimate of drug-likeness (QED) is 0.545. The maximum absolute atomic E-state index is 13.5. The molecule has 5 rings (SSSR count). The van der Waals surface area contributed by atoms with E-state index in [4.69, 9.17) is 9.47 Å². The van der Waals surface area contributed by atoms with E-state index in [0.717, 1.165) is 17.5 Å². The van der Waals surface area contributed by atoms with Crippen LogP contribution in [0.2, 0.25) is 0 Å². The Hall–Kier alpha value is -3.47. The number of amides is 1. The first-order valence-electron chi connectivity index (χ1n) is 10.8. The maximum atomic E-state index is 13.5. The minimum absolute atomic E-state index is 0.0315. The Kier molecular flexibility index (Phi) is 5.51. The topological polar surface area (TPSA) is 82.4 Å². The second-order valence-electron chi connectivity index (χ2n) is 8.56. The van der Waals surface area contributed by atoms with Gasteiger partial charge in [-0.2, -0.15) is 18.2 Å². The van der Waals surface area contributed by atoms with Crippen LogP contribution < -0.4 is 9.64 Å². The number of ether oxygens (including phenoxy) is 2. The third kappa shape index (κ3) is 4.11. The average molecular weight is 473 g/mol. The van der Waals surface area contributed by atoms with Crippen molar-refractivity contribution >= 4 is 11.7 Å². The van der Waals surface area contributed by atoms with E-state index in [2.05, 4.69) is 15.2 Å². The summed E-state index contributed by atoms with van der Waals surface area (Å²) in [6.07, 6.45) is -2.53. The van der Waals surface area contributed by atoms with Crippen LogP contribution in [0.1, 0.15) is 45.7 Å². The molecule has 34 heavy (non-hydrogen) atoms. The molecule has 0 N–H and O–H groups in total. The monoisotopic (exact) mass is 473 g/mol. The fourth-order valence-corrected chi connectivity index (χ4v) is 4.11. The lowest BCUT2D eigenvalue weighted by Crippen LogP contribution is -2.39. The van der Waals surface area contributed by atoms with E-state index in [1.54, 1.807) is 18.5 Å². The first-order valence-corrected chi connectivity index (χ1v) is 10.8. The summed E-state index contributed by atoms with van der Waals surface area (Å²) in [6.45, 7) is 2.63. The molecule has 1 aromatic carbocycles. The third-order valence-electron chi connectivity index (χ3n) is 6.12. The Morgan fingerprint density at radius 1 is 1.26 bits per heavy atom. The summed E-state index contributed by atoms with van der Waals surface area (Å²) in [5.41, 5.74) is -0.00277. The predicted molar refractivity (Wildman–Crippen MR) is 115 cm³/mol. The van der Waals surface area contributed by atoms with Crippen LogP contribution in [0.25, 0.3) is 0 Å². The molecule has 178 valence electrons. The summed E-state index contributed by atoms with van der Waals surface area (Å²) in [7, 11) is 1.85. The largest absolute Gasteiger partial charge is 0.469 e. The molecule has 1 fully saturated rings. The molecule has 2 aliphatic rings. The zero-order valence-corrected chi connectivity index (χ0v) is 18.5. The SMILES string of the molecule is C[C@H](Cc1nncn1C)c1cc(OC2COC2)nc(N2Cc3c(cccc3C(F)(F)F)C2=O)c1. The average Bonchev–Trinajstić information content (AvgIpc) is 3.32. The summed E-state index contributed by atoms with van der Waals surface area (Å²) in [5, 5.41) is 8.03. The van der Waals surface area contributed by atoms with Crippen molar-refractivity contribution < 1.29 is 27.4 Å². The number of anilines is 1. The number of benzene rings is 1. The van der Waals surface area contributed by atoms with Gasteiger partial charge >= 0.3 is 6.18 Å². The van der Waals surface area contributed by atoms with E-state index >= 15 is 0 Å². The lowest BCUT2D eigenvalue weighted by molar-refractivity contribution is -0.138. The van der Waals surface area contributed by atoms with E-state index in [1.807, 2.05) is 18.5 Å². The lowest BCUT2D eigenvalue weighted by Gasteiger charge is -2.27. The van der Waals surface area contributed by atoms with Crippen LogP contribution in [0.3, 0.4) is 0 Å². The molecule has 4 heterocycles. The first kappa shape index (κ1) is 22.3. The van der Waals surface area contributed by atoms with Gasteiger partial charge in [-0.15, -0.1) is 10.2 Å². The highest BCUT2D eigenvalue weighted by Gasteiger charge is 2.40. The number of carbonyl (C=O) groups excluding carboxylic acids is 1. The summed E-state index contributed by atoms with van der Waals surface area (Å²) in [6, 6.07) is 7.17. The highest BCUT2D eigenvalue weighted by Crippen LogP contribution is 2.39. The van der Waals surface area contributed by atoms with Crippen LogP contribution in [0, 0.1) is 0 Å². The molecular weight excluding hydrogens is 451 g/mol. The molecule has 0 spiro atoms. The smallest absolute Gasteiger partial charge is 0.416 e. The Morgan fingerprint density at radius 3 is 2.71 bits per heavy atom. The molecule has 11 heteroatoms. The van der Waals surface area contributed by atoms with Crippen molar-refractivity contribution in [3.8, 4) is 5.88 Å². The number of aromatic nitrogens is 4. The molecular formula is C23H22F3N5O3. The Bertz CT molecular complexity index is 1240. The lowest BCUT2D eigenvalue weighted by atomic mass is 9.98. The molecule has 2 aliphatic heterocycles.